The average molecular weight is 384 g/mol. The van der Waals surface area contributed by atoms with E-state index in [-0.39, 0.29) is 17.2 Å². The first-order valence-electron chi connectivity index (χ1n) is 8.79. The van der Waals surface area contributed by atoms with E-state index in [4.69, 9.17) is 9.26 Å². The zero-order chi connectivity index (χ0) is 20.6. The van der Waals surface area contributed by atoms with Gasteiger partial charge in [-0.25, -0.2) is 9.18 Å². The van der Waals surface area contributed by atoms with E-state index in [9.17, 15) is 14.0 Å². The number of esters is 1. The Morgan fingerprint density at radius 1 is 1.14 bits per heavy atom. The van der Waals surface area contributed by atoms with Gasteiger partial charge in [0.05, 0.1) is 5.69 Å². The molecule has 6 nitrogen and oxygen atoms in total. The molecule has 28 heavy (non-hydrogen) atoms. The quantitative estimate of drug-likeness (QED) is 0.487. The van der Waals surface area contributed by atoms with Crippen molar-refractivity contribution in [1.29, 1.82) is 0 Å². The number of Topliss-reactive ketones (excluding diaryl/α,β-unsaturated/α-hetero) is 1. The monoisotopic (exact) mass is 384 g/mol. The first-order valence-corrected chi connectivity index (χ1v) is 8.79. The molecule has 0 saturated heterocycles. The van der Waals surface area contributed by atoms with Gasteiger partial charge >= 0.3 is 5.97 Å². The molecule has 0 unspecified atom stereocenters. The van der Waals surface area contributed by atoms with Gasteiger partial charge in [0, 0.05) is 22.6 Å². The Morgan fingerprint density at radius 3 is 2.46 bits per heavy atom. The van der Waals surface area contributed by atoms with E-state index in [1.807, 2.05) is 6.92 Å². The van der Waals surface area contributed by atoms with Crippen molar-refractivity contribution >= 4 is 11.8 Å². The van der Waals surface area contributed by atoms with Crippen LogP contribution in [-0.2, 0) is 4.74 Å². The van der Waals surface area contributed by atoms with Gasteiger partial charge in [-0.15, -0.1) is 0 Å². The minimum absolute atomic E-state index is 0.230. The normalized spacial score (nSPS) is 10.9. The van der Waals surface area contributed by atoms with Crippen LogP contribution in [0.4, 0.5) is 4.39 Å². The van der Waals surface area contributed by atoms with Crippen molar-refractivity contribution in [3.05, 3.63) is 69.6 Å². The summed E-state index contributed by atoms with van der Waals surface area (Å²) in [6.45, 7) is 8.12. The molecule has 0 fully saturated rings. The van der Waals surface area contributed by atoms with E-state index in [1.165, 1.54) is 6.07 Å². The van der Waals surface area contributed by atoms with E-state index >= 15 is 0 Å². The van der Waals surface area contributed by atoms with Gasteiger partial charge in [-0.2, -0.15) is 0 Å². The number of nitrogens with zero attached hydrogens (tertiary/aromatic N) is 2. The van der Waals surface area contributed by atoms with E-state index in [0.29, 0.717) is 34.0 Å². The summed E-state index contributed by atoms with van der Waals surface area (Å²) in [6, 6.07) is 6.63. The molecule has 0 aliphatic carbocycles. The number of halogens is 1. The van der Waals surface area contributed by atoms with Crippen LogP contribution in [0.25, 0.3) is 5.69 Å². The lowest BCUT2D eigenvalue weighted by Gasteiger charge is -2.11. The number of aromatic nitrogens is 2. The van der Waals surface area contributed by atoms with Crippen LogP contribution in [0.3, 0.4) is 0 Å². The van der Waals surface area contributed by atoms with E-state index < -0.39 is 12.6 Å². The smallest absolute Gasteiger partial charge is 0.344 e. The van der Waals surface area contributed by atoms with Gasteiger partial charge < -0.3 is 13.8 Å². The van der Waals surface area contributed by atoms with Crippen LogP contribution in [-0.4, -0.2) is 28.1 Å². The molecule has 0 aliphatic heterocycles. The van der Waals surface area contributed by atoms with Crippen LogP contribution in [0.5, 0.6) is 0 Å². The Bertz CT molecular complexity index is 1060. The number of benzene rings is 1. The van der Waals surface area contributed by atoms with Crippen LogP contribution in [0.2, 0.25) is 0 Å². The van der Waals surface area contributed by atoms with Crippen molar-refractivity contribution in [2.75, 3.05) is 6.61 Å². The maximum absolute atomic E-state index is 14.0. The second-order valence-corrected chi connectivity index (χ2v) is 6.75. The summed E-state index contributed by atoms with van der Waals surface area (Å²) in [5.74, 6) is -0.966. The Hall–Kier alpha value is -3.22. The number of aryl methyl sites for hydroxylation is 4. The predicted octanol–water partition coefficient (Wildman–Crippen LogP) is 4.19. The maximum atomic E-state index is 14.0. The minimum Gasteiger partial charge on any atom is -0.454 e. The summed E-state index contributed by atoms with van der Waals surface area (Å²) in [5, 5.41) is 3.70. The lowest BCUT2D eigenvalue weighted by Crippen LogP contribution is -2.16. The van der Waals surface area contributed by atoms with Gasteiger partial charge in [-0.05, 0) is 58.4 Å². The zero-order valence-corrected chi connectivity index (χ0v) is 16.4. The van der Waals surface area contributed by atoms with Crippen LogP contribution in [0.15, 0.2) is 28.8 Å². The summed E-state index contributed by atoms with van der Waals surface area (Å²) in [6.07, 6.45) is 0. The second-order valence-electron chi connectivity index (χ2n) is 6.75. The molecule has 146 valence electrons. The number of carbonyl (C=O) groups excluding carboxylic acids is 2. The first-order chi connectivity index (χ1) is 13.2. The molecule has 2 aromatic heterocycles. The van der Waals surface area contributed by atoms with E-state index in [1.54, 1.807) is 50.5 Å². The molecule has 0 N–H and O–H groups in total. The zero-order valence-electron chi connectivity index (χ0n) is 16.4. The molecule has 0 spiro atoms. The molecule has 0 bridgehead atoms. The number of ether oxygens (including phenoxy) is 1. The van der Waals surface area contributed by atoms with Crippen molar-refractivity contribution < 1.29 is 23.2 Å². The maximum Gasteiger partial charge on any atom is 0.344 e. The summed E-state index contributed by atoms with van der Waals surface area (Å²) in [4.78, 5) is 24.8. The minimum atomic E-state index is -0.654. The Balaban J connectivity index is 1.81. The fraction of sp³-hybridized carbons (Fsp3) is 0.286. The van der Waals surface area contributed by atoms with E-state index in [2.05, 4.69) is 5.16 Å². The SMILES string of the molecule is Cc1ccc(-n2c(C)cc(C(=O)COC(=O)c3c(C)noc3C)c2C)cc1F. The lowest BCUT2D eigenvalue weighted by atomic mass is 10.1. The highest BCUT2D eigenvalue weighted by Gasteiger charge is 2.22. The van der Waals surface area contributed by atoms with Crippen molar-refractivity contribution in [2.24, 2.45) is 0 Å². The number of hydrogen-bond donors (Lipinski definition) is 0. The van der Waals surface area contributed by atoms with E-state index in [0.717, 1.165) is 5.69 Å². The molecule has 0 saturated carbocycles. The molecule has 0 radical (unpaired) electrons. The summed E-state index contributed by atoms with van der Waals surface area (Å²) in [7, 11) is 0. The highest BCUT2D eigenvalue weighted by Crippen LogP contribution is 2.23. The van der Waals surface area contributed by atoms with Crippen LogP contribution >= 0.6 is 0 Å². The van der Waals surface area contributed by atoms with Crippen molar-refractivity contribution in [1.82, 2.24) is 9.72 Å². The fourth-order valence-corrected chi connectivity index (χ4v) is 3.22. The summed E-state index contributed by atoms with van der Waals surface area (Å²) >= 11 is 0. The third kappa shape index (κ3) is 3.47. The first kappa shape index (κ1) is 19.5. The van der Waals surface area contributed by atoms with Crippen LogP contribution in [0.1, 0.15) is 49.1 Å². The standard InChI is InChI=1S/C21H21FN2O4/c1-11-6-7-16(9-18(11)22)24-12(2)8-17(14(24)4)19(25)10-27-21(26)20-13(3)23-28-15(20)5/h6-9H,10H2,1-5H3. The van der Waals surface area contributed by atoms with Crippen molar-refractivity contribution in [3.63, 3.8) is 0 Å². The van der Waals surface area contributed by atoms with Crippen LogP contribution < -0.4 is 0 Å². The molecule has 3 rings (SSSR count). The number of ketones is 1. The molecule has 0 atom stereocenters. The molecule has 3 aromatic rings. The molecular formula is C21H21FN2O4. The molecule has 2 heterocycles. The second kappa shape index (κ2) is 7.42. The van der Waals surface area contributed by atoms with Gasteiger partial charge in [-0.3, -0.25) is 4.79 Å². The summed E-state index contributed by atoms with van der Waals surface area (Å²) < 4.78 is 25.8. The van der Waals surface area contributed by atoms with Gasteiger partial charge in [0.25, 0.3) is 0 Å². The molecule has 0 aliphatic rings. The topological polar surface area (TPSA) is 74.3 Å². The van der Waals surface area contributed by atoms with Gasteiger partial charge in [0.2, 0.25) is 5.78 Å². The Labute approximate surface area is 161 Å². The number of carbonyl (C=O) groups is 2. The lowest BCUT2D eigenvalue weighted by molar-refractivity contribution is 0.0472. The third-order valence-corrected chi connectivity index (χ3v) is 4.72. The largest absolute Gasteiger partial charge is 0.454 e. The number of hydrogen-bond acceptors (Lipinski definition) is 5. The summed E-state index contributed by atoms with van der Waals surface area (Å²) in [5.41, 5.74) is 3.67. The Morgan fingerprint density at radius 2 is 1.86 bits per heavy atom. The number of rotatable bonds is 5. The highest BCUT2D eigenvalue weighted by atomic mass is 19.1. The van der Waals surface area contributed by atoms with Gasteiger partial charge in [0.1, 0.15) is 17.1 Å². The van der Waals surface area contributed by atoms with Crippen molar-refractivity contribution in [3.8, 4) is 5.69 Å². The molecule has 1 aromatic carbocycles. The average Bonchev–Trinajstić information content (AvgIpc) is 3.13. The van der Waals surface area contributed by atoms with Gasteiger partial charge in [0.15, 0.2) is 6.61 Å². The van der Waals surface area contributed by atoms with Crippen molar-refractivity contribution in [2.45, 2.75) is 34.6 Å². The van der Waals surface area contributed by atoms with Gasteiger partial charge in [-0.1, -0.05) is 11.2 Å². The molecule has 7 heteroatoms. The third-order valence-electron chi connectivity index (χ3n) is 4.72. The Kier molecular flexibility index (Phi) is 5.18. The molecule has 0 amide bonds. The molecular weight excluding hydrogens is 363 g/mol. The fourth-order valence-electron chi connectivity index (χ4n) is 3.22. The van der Waals surface area contributed by atoms with Crippen LogP contribution in [0, 0.1) is 40.4 Å². The predicted molar refractivity (Wildman–Crippen MR) is 101 cm³/mol. The highest BCUT2D eigenvalue weighted by molar-refractivity contribution is 6.01.